The number of para-hydroxylation sites is 2. The molecule has 0 saturated heterocycles. The highest BCUT2D eigenvalue weighted by molar-refractivity contribution is 6.02. The fraction of sp³-hybridized carbons (Fsp3) is 0.0500. The minimum absolute atomic E-state index is 0.0537. The van der Waals surface area contributed by atoms with Crippen molar-refractivity contribution in [1.82, 2.24) is 5.01 Å². The van der Waals surface area contributed by atoms with Gasteiger partial charge < -0.3 is 5.32 Å². The number of carbonyl (C=O) groups is 1. The van der Waals surface area contributed by atoms with Crippen molar-refractivity contribution in [3.05, 3.63) is 96.1 Å². The number of nitrogens with one attached hydrogen (secondary N) is 2. The zero-order valence-corrected chi connectivity index (χ0v) is 13.0. The Morgan fingerprint density at radius 1 is 0.792 bits per heavy atom. The maximum absolute atomic E-state index is 13.0. The lowest BCUT2D eigenvalue weighted by Crippen LogP contribution is -2.46. The molecule has 4 nitrogen and oxygen atoms in total. The molecule has 0 saturated carbocycles. The summed E-state index contributed by atoms with van der Waals surface area (Å²) < 4.78 is 0. The van der Waals surface area contributed by atoms with Crippen molar-refractivity contribution in [2.75, 3.05) is 10.7 Å². The average Bonchev–Trinajstić information content (AvgIpc) is 2.65. The number of fused-ring (bicyclic) bond motifs is 1. The number of hydrogen-bond donors (Lipinski definition) is 2. The van der Waals surface area contributed by atoms with Crippen LogP contribution in [0.5, 0.6) is 0 Å². The standard InChI is InChI=1S/C20H17N3O/c24-20-17-13-7-8-14-18(17)21-19(15-9-3-1-4-10-15)23(20)22-16-11-5-2-6-12-16/h1-14,19,21-22H. The van der Waals surface area contributed by atoms with Gasteiger partial charge in [0.05, 0.1) is 11.3 Å². The highest BCUT2D eigenvalue weighted by Gasteiger charge is 2.33. The van der Waals surface area contributed by atoms with Crippen molar-refractivity contribution in [2.45, 2.75) is 6.17 Å². The van der Waals surface area contributed by atoms with E-state index in [9.17, 15) is 4.79 Å². The number of anilines is 2. The Balaban J connectivity index is 1.76. The summed E-state index contributed by atoms with van der Waals surface area (Å²) in [6.07, 6.45) is -0.284. The lowest BCUT2D eigenvalue weighted by atomic mass is 10.1. The van der Waals surface area contributed by atoms with Gasteiger partial charge in [-0.05, 0) is 29.8 Å². The van der Waals surface area contributed by atoms with E-state index in [0.29, 0.717) is 5.56 Å². The summed E-state index contributed by atoms with van der Waals surface area (Å²) >= 11 is 0. The largest absolute Gasteiger partial charge is 0.359 e. The molecule has 0 radical (unpaired) electrons. The van der Waals surface area contributed by atoms with Gasteiger partial charge in [-0.2, -0.15) is 0 Å². The second-order valence-electron chi connectivity index (χ2n) is 5.66. The molecule has 1 heterocycles. The molecular weight excluding hydrogens is 298 g/mol. The number of benzene rings is 3. The van der Waals surface area contributed by atoms with Crippen molar-refractivity contribution in [1.29, 1.82) is 0 Å². The first-order chi connectivity index (χ1) is 11.8. The number of hydrogen-bond acceptors (Lipinski definition) is 3. The third-order valence-electron chi connectivity index (χ3n) is 4.07. The summed E-state index contributed by atoms with van der Waals surface area (Å²) in [6, 6.07) is 27.2. The molecule has 0 aliphatic carbocycles. The summed E-state index contributed by atoms with van der Waals surface area (Å²) in [4.78, 5) is 13.0. The fourth-order valence-electron chi connectivity index (χ4n) is 2.89. The van der Waals surface area contributed by atoms with Gasteiger partial charge in [-0.15, -0.1) is 0 Å². The van der Waals surface area contributed by atoms with E-state index in [1.165, 1.54) is 0 Å². The Bertz CT molecular complexity index is 849. The topological polar surface area (TPSA) is 44.4 Å². The number of rotatable bonds is 3. The maximum atomic E-state index is 13.0. The molecule has 3 aromatic carbocycles. The van der Waals surface area contributed by atoms with Gasteiger partial charge >= 0.3 is 0 Å². The van der Waals surface area contributed by atoms with Crippen molar-refractivity contribution in [2.24, 2.45) is 0 Å². The van der Waals surface area contributed by atoms with E-state index >= 15 is 0 Å². The van der Waals surface area contributed by atoms with Crippen molar-refractivity contribution in [3.8, 4) is 0 Å². The van der Waals surface area contributed by atoms with Crippen LogP contribution in [0.4, 0.5) is 11.4 Å². The van der Waals surface area contributed by atoms with Crippen molar-refractivity contribution >= 4 is 17.3 Å². The van der Waals surface area contributed by atoms with E-state index in [-0.39, 0.29) is 12.1 Å². The van der Waals surface area contributed by atoms with Crippen LogP contribution >= 0.6 is 0 Å². The highest BCUT2D eigenvalue weighted by Crippen LogP contribution is 2.33. The van der Waals surface area contributed by atoms with Gasteiger partial charge in [-0.25, -0.2) is 5.01 Å². The van der Waals surface area contributed by atoms with E-state index < -0.39 is 0 Å². The van der Waals surface area contributed by atoms with Crippen LogP contribution < -0.4 is 10.7 Å². The summed E-state index contributed by atoms with van der Waals surface area (Å²) in [5, 5.41) is 5.10. The van der Waals surface area contributed by atoms with Crippen LogP contribution in [0.25, 0.3) is 0 Å². The first kappa shape index (κ1) is 14.3. The SMILES string of the molecule is O=C1c2ccccc2NC(c2ccccc2)N1Nc1ccccc1. The smallest absolute Gasteiger partial charge is 0.276 e. The average molecular weight is 315 g/mol. The van der Waals surface area contributed by atoms with Gasteiger partial charge in [0.25, 0.3) is 5.91 Å². The third-order valence-corrected chi connectivity index (χ3v) is 4.07. The molecule has 1 unspecified atom stereocenters. The first-order valence-electron chi connectivity index (χ1n) is 7.89. The Kier molecular flexibility index (Phi) is 3.63. The number of carbonyl (C=O) groups excluding carboxylic acids is 1. The van der Waals surface area contributed by atoms with Crippen LogP contribution in [0.2, 0.25) is 0 Å². The molecule has 0 bridgehead atoms. The lowest BCUT2D eigenvalue weighted by Gasteiger charge is -2.38. The monoisotopic (exact) mass is 315 g/mol. The first-order valence-corrected chi connectivity index (χ1v) is 7.89. The molecule has 2 N–H and O–H groups in total. The highest BCUT2D eigenvalue weighted by atomic mass is 16.2. The minimum Gasteiger partial charge on any atom is -0.359 e. The van der Waals surface area contributed by atoms with Crippen molar-refractivity contribution in [3.63, 3.8) is 0 Å². The molecule has 3 aromatic rings. The van der Waals surface area contributed by atoms with E-state index in [1.807, 2.05) is 84.9 Å². The Hall–Kier alpha value is -3.27. The van der Waals surface area contributed by atoms with Gasteiger partial charge in [-0.1, -0.05) is 60.7 Å². The number of amides is 1. The number of nitrogens with zero attached hydrogens (tertiary/aromatic N) is 1. The van der Waals surface area contributed by atoms with Crippen LogP contribution in [0.3, 0.4) is 0 Å². The molecule has 4 heteroatoms. The minimum atomic E-state index is -0.284. The summed E-state index contributed by atoms with van der Waals surface area (Å²) in [5.41, 5.74) is 6.64. The van der Waals surface area contributed by atoms with Gasteiger partial charge in [0.15, 0.2) is 0 Å². The van der Waals surface area contributed by atoms with Crippen molar-refractivity contribution < 1.29 is 4.79 Å². The van der Waals surface area contributed by atoms with Crippen LogP contribution in [-0.4, -0.2) is 10.9 Å². The maximum Gasteiger partial charge on any atom is 0.276 e. The van der Waals surface area contributed by atoms with E-state index in [1.54, 1.807) is 5.01 Å². The molecule has 1 aliphatic rings. The molecule has 1 amide bonds. The normalized spacial score (nSPS) is 16.2. The number of hydrazine groups is 1. The molecule has 1 atom stereocenters. The van der Waals surface area contributed by atoms with Crippen LogP contribution in [-0.2, 0) is 0 Å². The predicted molar refractivity (Wildman–Crippen MR) is 95.5 cm³/mol. The van der Waals surface area contributed by atoms with Crippen LogP contribution in [0, 0.1) is 0 Å². The van der Waals surface area contributed by atoms with Crippen LogP contribution in [0.15, 0.2) is 84.9 Å². The Morgan fingerprint density at radius 3 is 2.17 bits per heavy atom. The lowest BCUT2D eigenvalue weighted by molar-refractivity contribution is 0.0733. The molecular formula is C20H17N3O. The quantitative estimate of drug-likeness (QED) is 0.758. The van der Waals surface area contributed by atoms with Gasteiger partial charge in [0.2, 0.25) is 0 Å². The van der Waals surface area contributed by atoms with Gasteiger partial charge in [0.1, 0.15) is 6.17 Å². The second-order valence-corrected chi connectivity index (χ2v) is 5.66. The third kappa shape index (κ3) is 2.58. The summed E-state index contributed by atoms with van der Waals surface area (Å²) in [7, 11) is 0. The molecule has 0 fully saturated rings. The summed E-state index contributed by atoms with van der Waals surface area (Å²) in [6.45, 7) is 0. The Labute approximate surface area is 140 Å². The predicted octanol–water partition coefficient (Wildman–Crippen LogP) is 4.28. The molecule has 1 aliphatic heterocycles. The zero-order chi connectivity index (χ0) is 16.4. The van der Waals surface area contributed by atoms with E-state index in [0.717, 1.165) is 16.9 Å². The van der Waals surface area contributed by atoms with Gasteiger partial charge in [-0.3, -0.25) is 10.2 Å². The van der Waals surface area contributed by atoms with E-state index in [4.69, 9.17) is 0 Å². The summed E-state index contributed by atoms with van der Waals surface area (Å²) in [5.74, 6) is -0.0537. The molecule has 4 rings (SSSR count). The fourth-order valence-corrected chi connectivity index (χ4v) is 2.89. The van der Waals surface area contributed by atoms with Gasteiger partial charge in [0, 0.05) is 5.69 Å². The molecule has 118 valence electrons. The zero-order valence-electron chi connectivity index (χ0n) is 13.0. The van der Waals surface area contributed by atoms with E-state index in [2.05, 4.69) is 10.7 Å². The second kappa shape index (κ2) is 6.08. The molecule has 0 aromatic heterocycles. The Morgan fingerprint density at radius 2 is 1.42 bits per heavy atom. The molecule has 24 heavy (non-hydrogen) atoms. The molecule has 0 spiro atoms. The van der Waals surface area contributed by atoms with Crippen LogP contribution in [0.1, 0.15) is 22.1 Å².